The number of nitrogens with zero attached hydrogens (tertiary/aromatic N) is 1. The molecule has 0 unspecified atom stereocenters. The second-order valence-corrected chi connectivity index (χ2v) is 6.58. The van der Waals surface area contributed by atoms with Gasteiger partial charge in [-0.15, -0.1) is 0 Å². The first-order valence-electron chi connectivity index (χ1n) is 8.67. The van der Waals surface area contributed by atoms with Crippen molar-refractivity contribution in [2.24, 2.45) is 5.92 Å². The molecular formula is C20H21F3N2O. The van der Waals surface area contributed by atoms with Crippen LogP contribution in [-0.4, -0.2) is 36.6 Å². The van der Waals surface area contributed by atoms with E-state index in [-0.39, 0.29) is 25.4 Å². The van der Waals surface area contributed by atoms with E-state index in [1.54, 1.807) is 11.0 Å². The molecule has 0 saturated carbocycles. The summed E-state index contributed by atoms with van der Waals surface area (Å²) in [5.74, 6) is -1.64. The number of hydrogen-bond acceptors (Lipinski definition) is 2. The van der Waals surface area contributed by atoms with E-state index in [1.165, 1.54) is 0 Å². The van der Waals surface area contributed by atoms with Gasteiger partial charge in [-0.05, 0) is 31.0 Å². The third-order valence-electron chi connectivity index (χ3n) is 4.62. The van der Waals surface area contributed by atoms with Crippen LogP contribution in [0.2, 0.25) is 0 Å². The average Bonchev–Trinajstić information content (AvgIpc) is 2.62. The summed E-state index contributed by atoms with van der Waals surface area (Å²) in [6.07, 6.45) is -3.61. The number of anilines is 1. The lowest BCUT2D eigenvalue weighted by atomic mass is 9.97. The molecule has 1 N–H and O–H groups in total. The Labute approximate surface area is 150 Å². The SMILES string of the molecule is O=C(CN1CCC[C@@H](C(F)(F)F)C1)Nc1ccccc1-c1ccccc1. The van der Waals surface area contributed by atoms with E-state index in [2.05, 4.69) is 5.32 Å². The van der Waals surface area contributed by atoms with Gasteiger partial charge in [0.2, 0.25) is 5.91 Å². The minimum absolute atomic E-state index is 0.0320. The lowest BCUT2D eigenvalue weighted by Crippen LogP contribution is -2.44. The fourth-order valence-electron chi connectivity index (χ4n) is 3.32. The Morgan fingerprint density at radius 2 is 1.77 bits per heavy atom. The van der Waals surface area contributed by atoms with Crippen LogP contribution >= 0.6 is 0 Å². The number of piperidine rings is 1. The zero-order chi connectivity index (χ0) is 18.6. The highest BCUT2D eigenvalue weighted by Gasteiger charge is 2.41. The Hall–Kier alpha value is -2.34. The number of benzene rings is 2. The van der Waals surface area contributed by atoms with Crippen LogP contribution < -0.4 is 5.32 Å². The predicted molar refractivity (Wildman–Crippen MR) is 95.7 cm³/mol. The highest BCUT2D eigenvalue weighted by atomic mass is 19.4. The number of halogens is 3. The smallest absolute Gasteiger partial charge is 0.324 e. The minimum atomic E-state index is -4.20. The Kier molecular flexibility index (Phi) is 5.61. The van der Waals surface area contributed by atoms with Crippen molar-refractivity contribution in [2.45, 2.75) is 19.0 Å². The zero-order valence-electron chi connectivity index (χ0n) is 14.3. The Morgan fingerprint density at radius 1 is 1.08 bits per heavy atom. The number of hydrogen-bond donors (Lipinski definition) is 1. The molecule has 0 aromatic heterocycles. The summed E-state index contributed by atoms with van der Waals surface area (Å²) in [7, 11) is 0. The summed E-state index contributed by atoms with van der Waals surface area (Å²) in [5.41, 5.74) is 2.51. The quantitative estimate of drug-likeness (QED) is 0.864. The van der Waals surface area contributed by atoms with Gasteiger partial charge in [-0.25, -0.2) is 0 Å². The van der Waals surface area contributed by atoms with Crippen LogP contribution in [0.3, 0.4) is 0 Å². The van der Waals surface area contributed by atoms with Crippen molar-refractivity contribution < 1.29 is 18.0 Å². The van der Waals surface area contributed by atoms with Gasteiger partial charge in [-0.2, -0.15) is 13.2 Å². The maximum absolute atomic E-state index is 12.9. The Balaban J connectivity index is 1.66. The normalized spacial score (nSPS) is 18.5. The molecule has 1 amide bonds. The van der Waals surface area contributed by atoms with Crippen molar-refractivity contribution in [3.8, 4) is 11.1 Å². The number of amides is 1. The molecule has 0 radical (unpaired) electrons. The van der Waals surface area contributed by atoms with Crippen molar-refractivity contribution >= 4 is 11.6 Å². The van der Waals surface area contributed by atoms with Gasteiger partial charge in [0.05, 0.1) is 12.5 Å². The van der Waals surface area contributed by atoms with E-state index >= 15 is 0 Å². The summed E-state index contributed by atoms with van der Waals surface area (Å²) in [5, 5.41) is 2.85. The number of rotatable bonds is 4. The van der Waals surface area contributed by atoms with Crippen LogP contribution in [0.1, 0.15) is 12.8 Å². The van der Waals surface area contributed by atoms with Gasteiger partial charge in [0, 0.05) is 17.8 Å². The maximum atomic E-state index is 12.9. The molecule has 0 spiro atoms. The molecule has 3 rings (SSSR count). The molecular weight excluding hydrogens is 341 g/mol. The van der Waals surface area contributed by atoms with Crippen LogP contribution in [-0.2, 0) is 4.79 Å². The summed E-state index contributed by atoms with van der Waals surface area (Å²) in [6.45, 7) is 0.368. The van der Waals surface area contributed by atoms with E-state index in [0.29, 0.717) is 18.7 Å². The summed E-state index contributed by atoms with van der Waals surface area (Å²) >= 11 is 0. The molecule has 6 heteroatoms. The number of likely N-dealkylation sites (tertiary alicyclic amines) is 1. The topological polar surface area (TPSA) is 32.3 Å². The van der Waals surface area contributed by atoms with Gasteiger partial charge in [0.25, 0.3) is 0 Å². The molecule has 26 heavy (non-hydrogen) atoms. The lowest BCUT2D eigenvalue weighted by molar-refractivity contribution is -0.186. The molecule has 1 aliphatic rings. The zero-order valence-corrected chi connectivity index (χ0v) is 14.3. The van der Waals surface area contributed by atoms with Crippen LogP contribution in [0.4, 0.5) is 18.9 Å². The molecule has 0 bridgehead atoms. The molecule has 2 aromatic rings. The van der Waals surface area contributed by atoms with E-state index < -0.39 is 12.1 Å². The number of para-hydroxylation sites is 1. The van der Waals surface area contributed by atoms with Crippen molar-refractivity contribution in [1.82, 2.24) is 4.90 Å². The molecule has 1 aliphatic heterocycles. The Bertz CT molecular complexity index is 746. The number of alkyl halides is 3. The highest BCUT2D eigenvalue weighted by molar-refractivity contribution is 5.96. The fraction of sp³-hybridized carbons (Fsp3) is 0.350. The van der Waals surface area contributed by atoms with Gasteiger partial charge in [-0.3, -0.25) is 9.69 Å². The van der Waals surface area contributed by atoms with Crippen LogP contribution in [0.15, 0.2) is 54.6 Å². The first-order chi connectivity index (χ1) is 12.4. The maximum Gasteiger partial charge on any atom is 0.393 e. The largest absolute Gasteiger partial charge is 0.393 e. The standard InChI is InChI=1S/C20H21F3N2O/c21-20(22,23)16-9-6-12-25(13-16)14-19(26)24-18-11-5-4-10-17(18)15-7-2-1-3-8-15/h1-5,7-8,10-11,16H,6,9,12-14H2,(H,24,26)/t16-/m1/s1. The van der Waals surface area contributed by atoms with Crippen molar-refractivity contribution in [2.75, 3.05) is 25.0 Å². The van der Waals surface area contributed by atoms with E-state index in [0.717, 1.165) is 11.1 Å². The van der Waals surface area contributed by atoms with Crippen molar-refractivity contribution in [3.05, 3.63) is 54.6 Å². The van der Waals surface area contributed by atoms with Gasteiger partial charge in [0.1, 0.15) is 0 Å². The molecule has 1 saturated heterocycles. The molecule has 0 aliphatic carbocycles. The predicted octanol–water partition coefficient (Wildman–Crippen LogP) is 4.57. The van der Waals surface area contributed by atoms with Crippen molar-refractivity contribution in [3.63, 3.8) is 0 Å². The summed E-state index contributed by atoms with van der Waals surface area (Å²) in [4.78, 5) is 14.0. The van der Waals surface area contributed by atoms with Crippen LogP contribution in [0, 0.1) is 5.92 Å². The third-order valence-corrected chi connectivity index (χ3v) is 4.62. The average molecular weight is 362 g/mol. The third kappa shape index (κ3) is 4.64. The molecule has 138 valence electrons. The summed E-state index contributed by atoms with van der Waals surface area (Å²) < 4.78 is 38.7. The van der Waals surface area contributed by atoms with E-state index in [9.17, 15) is 18.0 Å². The first kappa shape index (κ1) is 18.5. The van der Waals surface area contributed by atoms with E-state index in [1.807, 2.05) is 48.5 Å². The Morgan fingerprint density at radius 3 is 2.50 bits per heavy atom. The van der Waals surface area contributed by atoms with Gasteiger partial charge in [0.15, 0.2) is 0 Å². The lowest BCUT2D eigenvalue weighted by Gasteiger charge is -2.33. The van der Waals surface area contributed by atoms with Gasteiger partial charge in [-0.1, -0.05) is 48.5 Å². The monoisotopic (exact) mass is 362 g/mol. The fourth-order valence-corrected chi connectivity index (χ4v) is 3.32. The second kappa shape index (κ2) is 7.91. The minimum Gasteiger partial charge on any atom is -0.324 e. The molecule has 1 heterocycles. The van der Waals surface area contributed by atoms with E-state index in [4.69, 9.17) is 0 Å². The molecule has 2 aromatic carbocycles. The van der Waals surface area contributed by atoms with Gasteiger partial charge < -0.3 is 5.32 Å². The summed E-state index contributed by atoms with van der Waals surface area (Å²) in [6, 6.07) is 17.1. The second-order valence-electron chi connectivity index (χ2n) is 6.58. The molecule has 3 nitrogen and oxygen atoms in total. The molecule has 1 fully saturated rings. The highest BCUT2D eigenvalue weighted by Crippen LogP contribution is 2.33. The molecule has 1 atom stereocenters. The number of carbonyl (C=O) groups is 1. The van der Waals surface area contributed by atoms with Crippen LogP contribution in [0.5, 0.6) is 0 Å². The number of carbonyl (C=O) groups excluding carboxylic acids is 1. The number of nitrogens with one attached hydrogen (secondary N) is 1. The first-order valence-corrected chi connectivity index (χ1v) is 8.67. The van der Waals surface area contributed by atoms with Gasteiger partial charge >= 0.3 is 6.18 Å². The van der Waals surface area contributed by atoms with Crippen molar-refractivity contribution in [1.29, 1.82) is 0 Å². The van der Waals surface area contributed by atoms with Crippen LogP contribution in [0.25, 0.3) is 11.1 Å².